The monoisotopic (exact) mass is 545 g/mol. The number of hydrogen-bond acceptors (Lipinski definition) is 13. The fourth-order valence-corrected chi connectivity index (χ4v) is 4.49. The molecule has 19 heteroatoms. The number of amides is 2. The molecule has 2 aromatic heterocycles. The molecule has 17 nitrogen and oxygen atoms in total. The van der Waals surface area contributed by atoms with Crippen LogP contribution in [0.25, 0.3) is 0 Å². The maximum absolute atomic E-state index is 13.1. The molecule has 0 spiro atoms. The summed E-state index contributed by atoms with van der Waals surface area (Å²) >= 11 is 0.961. The summed E-state index contributed by atoms with van der Waals surface area (Å²) in [4.78, 5) is 45.9. The number of nitrogens with two attached hydrogens (primary N) is 2. The van der Waals surface area contributed by atoms with E-state index in [0.717, 1.165) is 11.3 Å². The van der Waals surface area contributed by atoms with Crippen LogP contribution in [0.1, 0.15) is 25.2 Å². The van der Waals surface area contributed by atoms with E-state index in [0.29, 0.717) is 6.54 Å². The largest absolute Gasteiger partial charge is 0.478 e. The number of carboxylic acids is 1. The van der Waals surface area contributed by atoms with Crippen LogP contribution in [0, 0.1) is 0 Å². The highest BCUT2D eigenvalue weighted by atomic mass is 32.2. The van der Waals surface area contributed by atoms with Gasteiger partial charge in [-0.15, -0.1) is 16.4 Å². The van der Waals surface area contributed by atoms with Crippen molar-refractivity contribution in [1.29, 1.82) is 0 Å². The second-order valence-electron chi connectivity index (χ2n) is 8.01. The molecule has 2 atom stereocenters. The summed E-state index contributed by atoms with van der Waals surface area (Å²) < 4.78 is 34.6. The van der Waals surface area contributed by atoms with Gasteiger partial charge in [-0.1, -0.05) is 10.4 Å². The van der Waals surface area contributed by atoms with Gasteiger partial charge in [0.15, 0.2) is 10.8 Å². The zero-order chi connectivity index (χ0) is 26.8. The quantitative estimate of drug-likeness (QED) is 0.0854. The topological polar surface area (TPSA) is 258 Å². The highest BCUT2D eigenvalue weighted by Crippen LogP contribution is 2.27. The van der Waals surface area contributed by atoms with Gasteiger partial charge in [-0.05, 0) is 13.8 Å². The fourth-order valence-electron chi connectivity index (χ4n) is 3.06. The maximum atomic E-state index is 13.1. The molecule has 0 saturated carbocycles. The first-order chi connectivity index (χ1) is 16.7. The van der Waals surface area contributed by atoms with Crippen LogP contribution in [-0.2, 0) is 42.5 Å². The predicted molar refractivity (Wildman–Crippen MR) is 123 cm³/mol. The van der Waals surface area contributed by atoms with E-state index in [9.17, 15) is 32.5 Å². The number of anilines is 1. The van der Waals surface area contributed by atoms with Crippen LogP contribution in [-0.4, -0.2) is 90.1 Å². The van der Waals surface area contributed by atoms with Crippen molar-refractivity contribution in [2.45, 2.75) is 44.5 Å². The first-order valence-electron chi connectivity index (χ1n) is 10.2. The first kappa shape index (κ1) is 26.9. The lowest BCUT2D eigenvalue weighted by atomic mass is 9.94. The van der Waals surface area contributed by atoms with Crippen molar-refractivity contribution in [2.24, 2.45) is 10.9 Å². The third kappa shape index (κ3) is 5.75. The number of β-lactam (4-membered cyclic amide) rings is 1. The fraction of sp³-hybridized carbons (Fsp3) is 0.471. The minimum absolute atomic E-state index is 0.0682. The Balaban J connectivity index is 1.88. The number of nitrogen functional groups attached to an aromatic ring is 1. The lowest BCUT2D eigenvalue weighted by Gasteiger charge is -2.43. The molecular formula is C17H23N9O8S2. The van der Waals surface area contributed by atoms with Gasteiger partial charge in [0.05, 0.1) is 18.3 Å². The number of hydrogen-bond donors (Lipinski definition) is 5. The SMILES string of the molecule is CC(C)(ON=C(C(=O)NC1C(=O)N(S(=O)(=O)O)C1Cc1cn(CCN)nn1)c1csc(N)n1)C(=O)O. The number of nitrogens with one attached hydrogen (secondary N) is 1. The van der Waals surface area contributed by atoms with Gasteiger partial charge in [0.2, 0.25) is 5.60 Å². The van der Waals surface area contributed by atoms with Gasteiger partial charge in [0.25, 0.3) is 11.8 Å². The number of carbonyl (C=O) groups is 3. The second-order valence-corrected chi connectivity index (χ2v) is 10.2. The molecule has 0 aliphatic carbocycles. The third-order valence-electron chi connectivity index (χ3n) is 4.93. The normalized spacial score (nSPS) is 18.6. The Hall–Kier alpha value is -3.68. The number of carboxylic acid groups (broad SMARTS) is 1. The molecule has 2 aromatic rings. The summed E-state index contributed by atoms with van der Waals surface area (Å²) in [6.45, 7) is 2.99. The van der Waals surface area contributed by atoms with E-state index >= 15 is 0 Å². The van der Waals surface area contributed by atoms with Gasteiger partial charge >= 0.3 is 16.3 Å². The van der Waals surface area contributed by atoms with Crippen molar-refractivity contribution >= 4 is 50.3 Å². The average molecular weight is 546 g/mol. The van der Waals surface area contributed by atoms with Crippen molar-refractivity contribution in [3.05, 3.63) is 23.0 Å². The van der Waals surface area contributed by atoms with Crippen LogP contribution in [0.2, 0.25) is 0 Å². The number of thiazole rings is 1. The van der Waals surface area contributed by atoms with E-state index < -0.39 is 51.5 Å². The van der Waals surface area contributed by atoms with E-state index in [1.54, 1.807) is 0 Å². The van der Waals surface area contributed by atoms with E-state index in [2.05, 4.69) is 25.8 Å². The smallest absolute Gasteiger partial charge is 0.362 e. The van der Waals surface area contributed by atoms with Crippen molar-refractivity contribution in [3.8, 4) is 0 Å². The van der Waals surface area contributed by atoms with E-state index in [-0.39, 0.29) is 33.8 Å². The lowest BCUT2D eigenvalue weighted by molar-refractivity contribution is -0.161. The molecule has 0 aromatic carbocycles. The van der Waals surface area contributed by atoms with E-state index in [1.165, 1.54) is 30.1 Å². The Labute approximate surface area is 208 Å². The number of nitrogens with zero attached hydrogens (tertiary/aromatic N) is 6. The summed E-state index contributed by atoms with van der Waals surface area (Å²) in [5.41, 5.74) is 8.93. The van der Waals surface area contributed by atoms with E-state index in [4.69, 9.17) is 16.3 Å². The second kappa shape index (κ2) is 10.1. The lowest BCUT2D eigenvalue weighted by Crippen LogP contribution is -2.73. The molecule has 2 amide bonds. The Kier molecular flexibility index (Phi) is 7.57. The number of carbonyl (C=O) groups excluding carboxylic acids is 2. The molecule has 1 aliphatic rings. The van der Waals surface area contributed by atoms with Gasteiger partial charge < -0.3 is 26.7 Å². The van der Waals surface area contributed by atoms with Crippen LogP contribution < -0.4 is 16.8 Å². The zero-order valence-electron chi connectivity index (χ0n) is 18.9. The standard InChI is InChI=1S/C17H23N9O8S2/c1-17(2,15(29)30)34-23-11(9-7-35-16(19)20-9)13(27)21-12-10(26(14(12)28)36(31,32)33)5-8-6-25(4-3-18)24-22-8/h6-7,10,12H,3-5,18H2,1-2H3,(H2,19,20)(H,21,27)(H,29,30)(H,31,32,33). The van der Waals surface area contributed by atoms with Crippen molar-refractivity contribution in [3.63, 3.8) is 0 Å². The molecular weight excluding hydrogens is 522 g/mol. The Morgan fingerprint density at radius 2 is 2.08 bits per heavy atom. The minimum Gasteiger partial charge on any atom is -0.478 e. The minimum atomic E-state index is -4.95. The molecule has 36 heavy (non-hydrogen) atoms. The molecule has 3 heterocycles. The van der Waals surface area contributed by atoms with Crippen LogP contribution in [0.3, 0.4) is 0 Å². The van der Waals surface area contributed by atoms with Gasteiger partial charge in [0, 0.05) is 24.5 Å². The third-order valence-corrected chi connectivity index (χ3v) is 6.55. The molecule has 2 unspecified atom stereocenters. The molecule has 196 valence electrons. The summed E-state index contributed by atoms with van der Waals surface area (Å²) in [7, 11) is -4.95. The van der Waals surface area contributed by atoms with Gasteiger partial charge in [-0.2, -0.15) is 8.42 Å². The summed E-state index contributed by atoms with van der Waals surface area (Å²) in [6, 6.07) is -2.68. The highest BCUT2D eigenvalue weighted by molar-refractivity contribution is 7.84. The Morgan fingerprint density at radius 3 is 2.64 bits per heavy atom. The van der Waals surface area contributed by atoms with Gasteiger partial charge in [-0.25, -0.2) is 14.1 Å². The maximum Gasteiger partial charge on any atom is 0.362 e. The van der Waals surface area contributed by atoms with Crippen molar-refractivity contribution in [1.82, 2.24) is 29.6 Å². The van der Waals surface area contributed by atoms with Gasteiger partial charge in [0.1, 0.15) is 11.7 Å². The molecule has 1 fully saturated rings. The van der Waals surface area contributed by atoms with Crippen LogP contribution in [0.15, 0.2) is 16.7 Å². The molecule has 1 aliphatic heterocycles. The Morgan fingerprint density at radius 1 is 1.39 bits per heavy atom. The van der Waals surface area contributed by atoms with Crippen LogP contribution in [0.5, 0.6) is 0 Å². The Bertz CT molecular complexity index is 1300. The number of aliphatic carboxylic acids is 1. The summed E-state index contributed by atoms with van der Waals surface area (Å²) in [5, 5.41) is 24.3. The molecule has 0 bridgehead atoms. The van der Waals surface area contributed by atoms with Crippen molar-refractivity contribution in [2.75, 3.05) is 12.3 Å². The number of oxime groups is 1. The van der Waals surface area contributed by atoms with E-state index in [1.807, 2.05) is 0 Å². The van der Waals surface area contributed by atoms with Gasteiger partial charge in [-0.3, -0.25) is 18.8 Å². The summed E-state index contributed by atoms with van der Waals surface area (Å²) in [6.07, 6.45) is 1.28. The highest BCUT2D eigenvalue weighted by Gasteiger charge is 2.54. The first-order valence-corrected chi connectivity index (χ1v) is 12.4. The molecule has 1 saturated heterocycles. The van der Waals surface area contributed by atoms with Crippen LogP contribution >= 0.6 is 11.3 Å². The molecule has 0 radical (unpaired) electrons. The zero-order valence-corrected chi connectivity index (χ0v) is 20.6. The van der Waals surface area contributed by atoms with Crippen LogP contribution in [0.4, 0.5) is 5.13 Å². The van der Waals surface area contributed by atoms with Crippen molar-refractivity contribution < 1.29 is 37.3 Å². The summed E-state index contributed by atoms with van der Waals surface area (Å²) in [5.74, 6) is -3.52. The molecule has 7 N–H and O–H groups in total. The predicted octanol–water partition coefficient (Wildman–Crippen LogP) is -2.40. The number of rotatable bonds is 11. The average Bonchev–Trinajstić information content (AvgIpc) is 3.39. The molecule has 3 rings (SSSR count). The number of aromatic nitrogens is 4.